The summed E-state index contributed by atoms with van der Waals surface area (Å²) in [4.78, 5) is 32.9. The van der Waals surface area contributed by atoms with E-state index in [-0.39, 0.29) is 23.4 Å². The third-order valence-electron chi connectivity index (χ3n) is 4.75. The molecule has 8 heteroatoms. The number of hydrogen-bond acceptors (Lipinski definition) is 6. The summed E-state index contributed by atoms with van der Waals surface area (Å²) in [5.74, 6) is -2.64. The maximum atomic E-state index is 14.1. The van der Waals surface area contributed by atoms with Crippen LogP contribution in [-0.4, -0.2) is 65.9 Å². The van der Waals surface area contributed by atoms with Crippen LogP contribution in [0.5, 0.6) is 5.75 Å². The van der Waals surface area contributed by atoms with Crippen LogP contribution in [0.15, 0.2) is 48.3 Å². The van der Waals surface area contributed by atoms with Crippen LogP contribution in [0.1, 0.15) is 17.2 Å². The van der Waals surface area contributed by atoms with E-state index in [1.54, 1.807) is 24.5 Å². The maximum absolute atomic E-state index is 14.1. The monoisotopic (exact) mass is 399 g/mol. The van der Waals surface area contributed by atoms with Crippen LogP contribution in [0, 0.1) is 5.82 Å². The van der Waals surface area contributed by atoms with Crippen LogP contribution >= 0.6 is 0 Å². The van der Waals surface area contributed by atoms with Crippen molar-refractivity contribution < 1.29 is 23.8 Å². The number of carbonyl (C=O) groups is 2. The Morgan fingerprint density at radius 3 is 2.66 bits per heavy atom. The number of carbonyl (C=O) groups excluding carboxylic acids is 2. The molecule has 1 N–H and O–H groups in total. The molecule has 1 aliphatic rings. The van der Waals surface area contributed by atoms with Gasteiger partial charge in [0.05, 0.1) is 18.7 Å². The van der Waals surface area contributed by atoms with Gasteiger partial charge in [-0.25, -0.2) is 4.39 Å². The summed E-state index contributed by atoms with van der Waals surface area (Å²) in [6.07, 6.45) is 3.12. The molecule has 3 rings (SSSR count). The number of methoxy groups -OCH3 is 1. The zero-order valence-electron chi connectivity index (χ0n) is 16.4. The molecule has 0 aliphatic carbocycles. The molecular weight excluding hydrogens is 377 g/mol. The first-order valence-corrected chi connectivity index (χ1v) is 9.02. The Balaban J connectivity index is 2.13. The molecule has 1 atom stereocenters. The summed E-state index contributed by atoms with van der Waals surface area (Å²) in [6, 6.07) is 6.47. The SMILES string of the molecule is COc1ccc(/C(O)=C2\C(=O)C(=O)N(CCN(C)C)C2c2cccnc2)cc1F. The predicted octanol–water partition coefficient (Wildman–Crippen LogP) is 2.21. The molecule has 1 aromatic carbocycles. The molecule has 1 fully saturated rings. The van der Waals surface area contributed by atoms with Gasteiger partial charge in [0, 0.05) is 31.0 Å². The number of likely N-dealkylation sites (N-methyl/N-ethyl adjacent to an activating group) is 1. The molecule has 29 heavy (non-hydrogen) atoms. The lowest BCUT2D eigenvalue weighted by atomic mass is 9.96. The van der Waals surface area contributed by atoms with E-state index in [1.165, 1.54) is 24.1 Å². The number of aliphatic hydroxyl groups excluding tert-OH is 1. The van der Waals surface area contributed by atoms with E-state index in [0.29, 0.717) is 12.1 Å². The van der Waals surface area contributed by atoms with E-state index in [2.05, 4.69) is 4.98 Å². The Labute approximate surface area is 168 Å². The Morgan fingerprint density at radius 2 is 2.07 bits per heavy atom. The zero-order chi connectivity index (χ0) is 21.1. The molecule has 2 aromatic rings. The van der Waals surface area contributed by atoms with Crippen molar-refractivity contribution in [1.82, 2.24) is 14.8 Å². The molecular formula is C21H22FN3O4. The standard InChI is InChI=1S/C21H22FN3O4/c1-24(2)9-10-25-18(14-5-4-8-23-12-14)17(20(27)21(25)28)19(26)13-6-7-16(29-3)15(22)11-13/h4-8,11-12,18,26H,9-10H2,1-3H3/b19-17+. The number of rotatable bonds is 6. The van der Waals surface area contributed by atoms with Crippen LogP contribution in [0.25, 0.3) is 5.76 Å². The molecule has 2 heterocycles. The molecule has 0 bridgehead atoms. The third kappa shape index (κ3) is 3.97. The van der Waals surface area contributed by atoms with Crippen LogP contribution in [0.4, 0.5) is 4.39 Å². The Bertz CT molecular complexity index is 960. The summed E-state index contributed by atoms with van der Waals surface area (Å²) >= 11 is 0. The molecule has 1 aliphatic heterocycles. The smallest absolute Gasteiger partial charge is 0.295 e. The minimum atomic E-state index is -0.814. The zero-order valence-corrected chi connectivity index (χ0v) is 16.4. The van der Waals surface area contributed by atoms with E-state index in [0.717, 1.165) is 6.07 Å². The lowest BCUT2D eigenvalue weighted by Gasteiger charge is -2.26. The van der Waals surface area contributed by atoms with Crippen molar-refractivity contribution in [3.63, 3.8) is 0 Å². The van der Waals surface area contributed by atoms with Gasteiger partial charge >= 0.3 is 0 Å². The largest absolute Gasteiger partial charge is 0.507 e. The number of benzene rings is 1. The highest BCUT2D eigenvalue weighted by atomic mass is 19.1. The number of halogens is 1. The van der Waals surface area contributed by atoms with Gasteiger partial charge in [0.2, 0.25) is 0 Å². The highest BCUT2D eigenvalue weighted by molar-refractivity contribution is 6.46. The lowest BCUT2D eigenvalue weighted by Crippen LogP contribution is -2.35. The average molecular weight is 399 g/mol. The second-order valence-electron chi connectivity index (χ2n) is 6.93. The van der Waals surface area contributed by atoms with Gasteiger partial charge in [-0.2, -0.15) is 0 Å². The summed E-state index contributed by atoms with van der Waals surface area (Å²) < 4.78 is 19.0. The van der Waals surface area contributed by atoms with Crippen LogP contribution < -0.4 is 4.74 Å². The Hall–Kier alpha value is -3.26. The van der Waals surface area contributed by atoms with E-state index in [1.807, 2.05) is 19.0 Å². The van der Waals surface area contributed by atoms with Gasteiger partial charge in [0.15, 0.2) is 11.6 Å². The summed E-state index contributed by atoms with van der Waals surface area (Å²) in [6.45, 7) is 0.811. The first-order valence-electron chi connectivity index (χ1n) is 9.02. The molecule has 1 aromatic heterocycles. The predicted molar refractivity (Wildman–Crippen MR) is 105 cm³/mol. The molecule has 7 nitrogen and oxygen atoms in total. The average Bonchev–Trinajstić information content (AvgIpc) is 2.97. The topological polar surface area (TPSA) is 83.0 Å². The van der Waals surface area contributed by atoms with Gasteiger partial charge in [-0.05, 0) is 43.9 Å². The molecule has 1 unspecified atom stereocenters. The lowest BCUT2D eigenvalue weighted by molar-refractivity contribution is -0.140. The van der Waals surface area contributed by atoms with E-state index in [4.69, 9.17) is 4.74 Å². The van der Waals surface area contributed by atoms with E-state index in [9.17, 15) is 19.1 Å². The van der Waals surface area contributed by atoms with Crippen molar-refractivity contribution in [2.75, 3.05) is 34.3 Å². The van der Waals surface area contributed by atoms with Crippen LogP contribution in [0.3, 0.4) is 0 Å². The van der Waals surface area contributed by atoms with Gasteiger partial charge in [-0.3, -0.25) is 14.6 Å². The summed E-state index contributed by atoms with van der Waals surface area (Å²) in [5.41, 5.74) is 0.579. The number of pyridine rings is 1. The molecule has 152 valence electrons. The van der Waals surface area contributed by atoms with Gasteiger partial charge in [-0.1, -0.05) is 6.07 Å². The summed E-state index contributed by atoms with van der Waals surface area (Å²) in [7, 11) is 5.04. The number of nitrogens with zero attached hydrogens (tertiary/aromatic N) is 3. The van der Waals surface area contributed by atoms with Gasteiger partial charge < -0.3 is 19.6 Å². The molecule has 0 saturated carbocycles. The fraction of sp³-hybridized carbons (Fsp3) is 0.286. The highest BCUT2D eigenvalue weighted by Gasteiger charge is 2.46. The van der Waals surface area contributed by atoms with Crippen molar-refractivity contribution in [2.45, 2.75) is 6.04 Å². The van der Waals surface area contributed by atoms with Crippen molar-refractivity contribution in [2.24, 2.45) is 0 Å². The Morgan fingerprint density at radius 1 is 1.31 bits per heavy atom. The molecule has 0 spiro atoms. The number of ketones is 1. The molecule has 1 saturated heterocycles. The second-order valence-corrected chi connectivity index (χ2v) is 6.93. The number of aliphatic hydroxyl groups is 1. The number of ether oxygens (including phenoxy) is 1. The number of aromatic nitrogens is 1. The molecule has 1 amide bonds. The number of amides is 1. The van der Waals surface area contributed by atoms with Crippen molar-refractivity contribution >= 4 is 17.4 Å². The maximum Gasteiger partial charge on any atom is 0.295 e. The minimum Gasteiger partial charge on any atom is -0.507 e. The first kappa shape index (κ1) is 20.5. The van der Waals surface area contributed by atoms with Gasteiger partial charge in [-0.15, -0.1) is 0 Å². The Kier molecular flexibility index (Phi) is 5.93. The van der Waals surface area contributed by atoms with E-state index < -0.39 is 29.3 Å². The number of hydrogen-bond donors (Lipinski definition) is 1. The fourth-order valence-electron chi connectivity index (χ4n) is 3.27. The summed E-state index contributed by atoms with van der Waals surface area (Å²) in [5, 5.41) is 10.9. The number of likely N-dealkylation sites (tertiary alicyclic amines) is 1. The van der Waals surface area contributed by atoms with Crippen molar-refractivity contribution in [1.29, 1.82) is 0 Å². The number of Topliss-reactive ketones (excluding diaryl/α,β-unsaturated/α-hetero) is 1. The van der Waals surface area contributed by atoms with Crippen molar-refractivity contribution in [3.8, 4) is 5.75 Å². The minimum absolute atomic E-state index is 0.0109. The quantitative estimate of drug-likeness (QED) is 0.456. The molecule has 0 radical (unpaired) electrons. The third-order valence-corrected chi connectivity index (χ3v) is 4.75. The van der Waals surface area contributed by atoms with Gasteiger partial charge in [0.25, 0.3) is 11.7 Å². The fourth-order valence-corrected chi connectivity index (χ4v) is 3.27. The van der Waals surface area contributed by atoms with Crippen molar-refractivity contribution in [3.05, 3.63) is 65.2 Å². The second kappa shape index (κ2) is 8.40. The van der Waals surface area contributed by atoms with Gasteiger partial charge in [0.1, 0.15) is 5.76 Å². The normalized spacial score (nSPS) is 18.5. The highest BCUT2D eigenvalue weighted by Crippen LogP contribution is 2.39. The van der Waals surface area contributed by atoms with E-state index >= 15 is 0 Å². The van der Waals surface area contributed by atoms with Crippen LogP contribution in [0.2, 0.25) is 0 Å². The first-order chi connectivity index (χ1) is 13.8. The van der Waals surface area contributed by atoms with Crippen LogP contribution in [-0.2, 0) is 9.59 Å².